The van der Waals surface area contributed by atoms with Crippen LogP contribution in [0.15, 0.2) is 0 Å². The van der Waals surface area contributed by atoms with Crippen molar-refractivity contribution < 1.29 is 14.4 Å². The molecule has 0 fully saturated rings. The Morgan fingerprint density at radius 2 is 1.88 bits per heavy atom. The van der Waals surface area contributed by atoms with Crippen LogP contribution in [-0.2, 0) is 14.4 Å². The summed E-state index contributed by atoms with van der Waals surface area (Å²) in [6, 6.07) is 1.69. The summed E-state index contributed by atoms with van der Waals surface area (Å²) >= 11 is 0. The molecule has 7 nitrogen and oxygen atoms in total. The van der Waals surface area contributed by atoms with Gasteiger partial charge >= 0.3 is 11.8 Å². The molecular weight excluding hydrogens is 224 g/mol. The van der Waals surface area contributed by atoms with Gasteiger partial charge in [0.2, 0.25) is 5.91 Å². The zero-order valence-electron chi connectivity index (χ0n) is 9.95. The molecule has 0 bridgehead atoms. The Morgan fingerprint density at radius 3 is 2.35 bits per heavy atom. The molecule has 0 rings (SSSR count). The maximum Gasteiger partial charge on any atom is 0.312 e. The highest BCUT2D eigenvalue weighted by Gasteiger charge is 2.21. The number of amides is 3. The molecule has 2 N–H and O–H groups in total. The summed E-state index contributed by atoms with van der Waals surface area (Å²) in [4.78, 5) is 35.2. The van der Waals surface area contributed by atoms with Gasteiger partial charge in [-0.1, -0.05) is 0 Å². The Hall–Kier alpha value is -2.10. The summed E-state index contributed by atoms with van der Waals surface area (Å²) in [5.41, 5.74) is 0. The van der Waals surface area contributed by atoms with Gasteiger partial charge in [-0.05, 0) is 13.8 Å². The zero-order chi connectivity index (χ0) is 13.3. The number of hydrogen-bond acceptors (Lipinski definition) is 4. The number of likely N-dealkylation sites (N-methyl/N-ethyl adjacent to an activating group) is 2. The van der Waals surface area contributed by atoms with Gasteiger partial charge in [0.15, 0.2) is 0 Å². The van der Waals surface area contributed by atoms with Gasteiger partial charge in [-0.25, -0.2) is 0 Å². The average molecular weight is 240 g/mol. The third kappa shape index (κ3) is 5.51. The van der Waals surface area contributed by atoms with Gasteiger partial charge < -0.3 is 15.5 Å². The fraction of sp³-hybridized carbons (Fsp3) is 0.600. The Balaban J connectivity index is 4.35. The predicted octanol–water partition coefficient (Wildman–Crippen LogP) is -1.39. The second-order valence-corrected chi connectivity index (χ2v) is 3.11. The molecule has 0 atom stereocenters. The van der Waals surface area contributed by atoms with Crippen LogP contribution in [0.2, 0.25) is 0 Å². The molecule has 0 radical (unpaired) electrons. The molecule has 0 aromatic rings. The molecule has 0 aromatic carbocycles. The Labute approximate surface area is 99.8 Å². The topological polar surface area (TPSA) is 102 Å². The summed E-state index contributed by atoms with van der Waals surface area (Å²) in [6.45, 7) is 3.73. The van der Waals surface area contributed by atoms with Crippen molar-refractivity contribution in [2.45, 2.75) is 13.8 Å². The third-order valence-electron chi connectivity index (χ3n) is 1.90. The van der Waals surface area contributed by atoms with Crippen molar-refractivity contribution in [3.05, 3.63) is 0 Å². The molecule has 0 heterocycles. The predicted molar refractivity (Wildman–Crippen MR) is 59.6 cm³/mol. The molecule has 17 heavy (non-hydrogen) atoms. The first-order chi connectivity index (χ1) is 8.06. The van der Waals surface area contributed by atoms with Crippen molar-refractivity contribution in [2.24, 2.45) is 0 Å². The standard InChI is InChI=1S/C10H16N4O3/c1-3-12-8(15)7-14(4-2)10(17)9(16)13-6-5-11/h3-4,6-7H2,1-2H3,(H,12,15)(H,13,16). The molecule has 7 heteroatoms. The van der Waals surface area contributed by atoms with Gasteiger partial charge in [0.1, 0.15) is 6.54 Å². The molecule has 0 saturated heterocycles. The molecule has 94 valence electrons. The van der Waals surface area contributed by atoms with E-state index in [1.807, 2.05) is 0 Å². The van der Waals surface area contributed by atoms with Crippen LogP contribution in [0.25, 0.3) is 0 Å². The van der Waals surface area contributed by atoms with Crippen LogP contribution >= 0.6 is 0 Å². The van der Waals surface area contributed by atoms with Crippen LogP contribution < -0.4 is 10.6 Å². The van der Waals surface area contributed by atoms with Gasteiger partial charge in [0.25, 0.3) is 0 Å². The second-order valence-electron chi connectivity index (χ2n) is 3.11. The summed E-state index contributed by atoms with van der Waals surface area (Å²) in [7, 11) is 0. The zero-order valence-corrected chi connectivity index (χ0v) is 9.95. The smallest absolute Gasteiger partial charge is 0.312 e. The molecule has 0 aliphatic carbocycles. The number of carbonyl (C=O) groups is 3. The van der Waals surface area contributed by atoms with E-state index in [1.165, 1.54) is 0 Å². The highest BCUT2D eigenvalue weighted by molar-refractivity contribution is 6.35. The van der Waals surface area contributed by atoms with Crippen molar-refractivity contribution in [3.63, 3.8) is 0 Å². The summed E-state index contributed by atoms with van der Waals surface area (Å²) in [5.74, 6) is -2.01. The van der Waals surface area contributed by atoms with Gasteiger partial charge in [-0.2, -0.15) is 5.26 Å². The molecule has 3 amide bonds. The summed E-state index contributed by atoms with van der Waals surface area (Å²) in [6.07, 6.45) is 0. The molecule has 0 aliphatic heterocycles. The number of nitrogens with zero attached hydrogens (tertiary/aromatic N) is 2. The molecule has 0 spiro atoms. The van der Waals surface area contributed by atoms with Gasteiger partial charge in [0.05, 0.1) is 12.6 Å². The van der Waals surface area contributed by atoms with Crippen molar-refractivity contribution in [1.82, 2.24) is 15.5 Å². The fourth-order valence-corrected chi connectivity index (χ4v) is 1.09. The Morgan fingerprint density at radius 1 is 1.24 bits per heavy atom. The highest BCUT2D eigenvalue weighted by atomic mass is 16.2. The van der Waals surface area contributed by atoms with Crippen molar-refractivity contribution in [2.75, 3.05) is 26.2 Å². The van der Waals surface area contributed by atoms with Crippen LogP contribution in [0.5, 0.6) is 0 Å². The average Bonchev–Trinajstić information content (AvgIpc) is 2.32. The lowest BCUT2D eigenvalue weighted by atomic mass is 10.4. The monoisotopic (exact) mass is 240 g/mol. The van der Waals surface area contributed by atoms with Crippen molar-refractivity contribution in [1.29, 1.82) is 5.26 Å². The Kier molecular flexibility index (Phi) is 7.10. The minimum Gasteiger partial charge on any atom is -0.355 e. The van der Waals surface area contributed by atoms with E-state index in [0.29, 0.717) is 6.54 Å². The first kappa shape index (κ1) is 14.9. The quantitative estimate of drug-likeness (QED) is 0.456. The maximum atomic E-state index is 11.5. The van der Waals surface area contributed by atoms with Crippen LogP contribution in [0, 0.1) is 11.3 Å². The first-order valence-corrected chi connectivity index (χ1v) is 5.27. The Bertz CT molecular complexity index is 335. The van der Waals surface area contributed by atoms with Gasteiger partial charge in [-0.3, -0.25) is 14.4 Å². The van der Waals surface area contributed by atoms with E-state index in [9.17, 15) is 14.4 Å². The van der Waals surface area contributed by atoms with E-state index >= 15 is 0 Å². The normalized spacial score (nSPS) is 9.00. The molecule has 0 saturated carbocycles. The van der Waals surface area contributed by atoms with E-state index in [2.05, 4.69) is 10.6 Å². The number of nitriles is 1. The van der Waals surface area contributed by atoms with Crippen LogP contribution in [0.1, 0.15) is 13.8 Å². The number of hydrogen-bond donors (Lipinski definition) is 2. The number of rotatable bonds is 5. The largest absolute Gasteiger partial charge is 0.355 e. The lowest BCUT2D eigenvalue weighted by Gasteiger charge is -2.19. The first-order valence-electron chi connectivity index (χ1n) is 5.27. The van der Waals surface area contributed by atoms with Crippen LogP contribution in [0.3, 0.4) is 0 Å². The summed E-state index contributed by atoms with van der Waals surface area (Å²) < 4.78 is 0. The summed E-state index contributed by atoms with van der Waals surface area (Å²) in [5, 5.41) is 12.9. The van der Waals surface area contributed by atoms with Gasteiger partial charge in [0, 0.05) is 13.1 Å². The van der Waals surface area contributed by atoms with Crippen molar-refractivity contribution >= 4 is 17.7 Å². The van der Waals surface area contributed by atoms with Crippen molar-refractivity contribution in [3.8, 4) is 6.07 Å². The van der Waals surface area contributed by atoms with E-state index in [1.54, 1.807) is 19.9 Å². The second kappa shape index (κ2) is 8.10. The maximum absolute atomic E-state index is 11.5. The molecule has 0 aromatic heterocycles. The third-order valence-corrected chi connectivity index (χ3v) is 1.90. The van der Waals surface area contributed by atoms with E-state index in [-0.39, 0.29) is 25.5 Å². The highest BCUT2D eigenvalue weighted by Crippen LogP contribution is 1.90. The molecular formula is C10H16N4O3. The molecule has 0 unspecified atom stereocenters. The van der Waals surface area contributed by atoms with E-state index in [0.717, 1.165) is 4.90 Å². The minimum absolute atomic E-state index is 0.164. The fourth-order valence-electron chi connectivity index (χ4n) is 1.09. The van der Waals surface area contributed by atoms with Crippen LogP contribution in [0.4, 0.5) is 0 Å². The lowest BCUT2D eigenvalue weighted by Crippen LogP contribution is -2.47. The molecule has 0 aliphatic rings. The van der Waals surface area contributed by atoms with E-state index < -0.39 is 11.8 Å². The van der Waals surface area contributed by atoms with Crippen LogP contribution in [-0.4, -0.2) is 48.8 Å². The minimum atomic E-state index is -0.877. The number of carbonyl (C=O) groups excluding carboxylic acids is 3. The number of nitrogens with one attached hydrogen (secondary N) is 2. The SMILES string of the molecule is CCNC(=O)CN(CC)C(=O)C(=O)NCC#N. The van der Waals surface area contributed by atoms with E-state index in [4.69, 9.17) is 5.26 Å². The van der Waals surface area contributed by atoms with Gasteiger partial charge in [-0.15, -0.1) is 0 Å². The lowest BCUT2D eigenvalue weighted by molar-refractivity contribution is -0.146.